The number of fused-ring (bicyclic) bond motifs is 1. The molecule has 1 aromatic carbocycles. The fourth-order valence-electron chi connectivity index (χ4n) is 1.72. The minimum atomic E-state index is 0.411. The van der Waals surface area contributed by atoms with E-state index >= 15 is 0 Å². The third-order valence-electron chi connectivity index (χ3n) is 2.85. The molecular weight excluding hydrogens is 172 g/mol. The van der Waals surface area contributed by atoms with Gasteiger partial charge in [-0.2, -0.15) is 0 Å². The Morgan fingerprint density at radius 1 is 1.29 bits per heavy atom. The van der Waals surface area contributed by atoms with Crippen LogP contribution in [-0.2, 0) is 7.05 Å². The van der Waals surface area contributed by atoms with Crippen molar-refractivity contribution in [2.24, 2.45) is 7.05 Å². The first-order valence-corrected chi connectivity index (χ1v) is 4.94. The molecular formula is C12H16N2. The first-order valence-electron chi connectivity index (χ1n) is 4.94. The minimum Gasteiger partial charge on any atom is -0.351 e. The van der Waals surface area contributed by atoms with Gasteiger partial charge in [0.2, 0.25) is 0 Å². The summed E-state index contributed by atoms with van der Waals surface area (Å²) in [5.74, 6) is 0. The molecule has 14 heavy (non-hydrogen) atoms. The van der Waals surface area contributed by atoms with Crippen LogP contribution in [-0.4, -0.2) is 11.6 Å². The highest BCUT2D eigenvalue weighted by Gasteiger charge is 2.04. The van der Waals surface area contributed by atoms with Gasteiger partial charge in [-0.05, 0) is 37.1 Å². The minimum absolute atomic E-state index is 0.411. The van der Waals surface area contributed by atoms with Crippen molar-refractivity contribution in [3.63, 3.8) is 0 Å². The fraction of sp³-hybridized carbons (Fsp3) is 0.333. The van der Waals surface area contributed by atoms with Crippen molar-refractivity contribution >= 4 is 10.9 Å². The lowest BCUT2D eigenvalue weighted by atomic mass is 10.1. The van der Waals surface area contributed by atoms with Crippen LogP contribution >= 0.6 is 0 Å². The molecule has 2 nitrogen and oxygen atoms in total. The summed E-state index contributed by atoms with van der Waals surface area (Å²) in [5, 5.41) is 4.55. The van der Waals surface area contributed by atoms with Gasteiger partial charge in [-0.25, -0.2) is 0 Å². The van der Waals surface area contributed by atoms with Crippen LogP contribution in [0.1, 0.15) is 18.5 Å². The van der Waals surface area contributed by atoms with E-state index in [0.29, 0.717) is 6.04 Å². The number of hydrogen-bond donors (Lipinski definition) is 1. The molecule has 0 fully saturated rings. The Bertz CT molecular complexity index is 443. The topological polar surface area (TPSA) is 17.0 Å². The molecule has 0 aliphatic carbocycles. The zero-order valence-electron chi connectivity index (χ0n) is 8.91. The van der Waals surface area contributed by atoms with Crippen LogP contribution < -0.4 is 5.32 Å². The Balaban J connectivity index is 2.54. The summed E-state index contributed by atoms with van der Waals surface area (Å²) in [6.07, 6.45) is 2.10. The predicted molar refractivity (Wildman–Crippen MR) is 60.4 cm³/mol. The molecule has 1 atom stereocenters. The zero-order valence-corrected chi connectivity index (χ0v) is 8.91. The Morgan fingerprint density at radius 3 is 2.79 bits per heavy atom. The number of rotatable bonds is 2. The molecule has 0 spiro atoms. The maximum absolute atomic E-state index is 3.25. The molecule has 1 heterocycles. The molecule has 0 bridgehead atoms. The lowest BCUT2D eigenvalue weighted by Gasteiger charge is -2.10. The smallest absolute Gasteiger partial charge is 0.0481 e. The van der Waals surface area contributed by atoms with Gasteiger partial charge in [0, 0.05) is 24.8 Å². The normalized spacial score (nSPS) is 13.4. The number of aryl methyl sites for hydroxylation is 1. The summed E-state index contributed by atoms with van der Waals surface area (Å²) in [4.78, 5) is 0. The lowest BCUT2D eigenvalue weighted by Crippen LogP contribution is -2.12. The van der Waals surface area contributed by atoms with Gasteiger partial charge in [0.05, 0.1) is 0 Å². The fourth-order valence-corrected chi connectivity index (χ4v) is 1.72. The second-order valence-corrected chi connectivity index (χ2v) is 3.76. The van der Waals surface area contributed by atoms with Crippen molar-refractivity contribution in [2.45, 2.75) is 13.0 Å². The van der Waals surface area contributed by atoms with E-state index < -0.39 is 0 Å². The number of nitrogens with zero attached hydrogens (tertiary/aromatic N) is 1. The monoisotopic (exact) mass is 188 g/mol. The second-order valence-electron chi connectivity index (χ2n) is 3.76. The molecule has 2 aromatic rings. The molecule has 74 valence electrons. The summed E-state index contributed by atoms with van der Waals surface area (Å²) in [7, 11) is 4.07. The third-order valence-corrected chi connectivity index (χ3v) is 2.85. The van der Waals surface area contributed by atoms with Crippen LogP contribution in [0, 0.1) is 0 Å². The van der Waals surface area contributed by atoms with Crippen molar-refractivity contribution in [1.82, 2.24) is 9.88 Å². The maximum atomic E-state index is 3.25. The molecule has 0 saturated carbocycles. The number of nitrogens with one attached hydrogen (secondary N) is 1. The van der Waals surface area contributed by atoms with Crippen molar-refractivity contribution in [3.05, 3.63) is 36.0 Å². The van der Waals surface area contributed by atoms with Gasteiger partial charge in [-0.15, -0.1) is 0 Å². The maximum Gasteiger partial charge on any atom is 0.0481 e. The predicted octanol–water partition coefficient (Wildman–Crippen LogP) is 2.46. The van der Waals surface area contributed by atoms with Crippen molar-refractivity contribution < 1.29 is 0 Å². The van der Waals surface area contributed by atoms with E-state index in [0.717, 1.165) is 0 Å². The second kappa shape index (κ2) is 3.46. The highest BCUT2D eigenvalue weighted by Crippen LogP contribution is 2.20. The Hall–Kier alpha value is -1.28. The van der Waals surface area contributed by atoms with E-state index in [9.17, 15) is 0 Å². The summed E-state index contributed by atoms with van der Waals surface area (Å²) in [6.45, 7) is 2.17. The van der Waals surface area contributed by atoms with E-state index in [1.165, 1.54) is 16.5 Å². The summed E-state index contributed by atoms with van der Waals surface area (Å²) in [5.41, 5.74) is 2.63. The lowest BCUT2D eigenvalue weighted by molar-refractivity contribution is 0.653. The molecule has 0 aliphatic rings. The van der Waals surface area contributed by atoms with Crippen LogP contribution in [0.15, 0.2) is 30.5 Å². The van der Waals surface area contributed by atoms with Gasteiger partial charge in [0.1, 0.15) is 0 Å². The highest BCUT2D eigenvalue weighted by molar-refractivity contribution is 5.80. The largest absolute Gasteiger partial charge is 0.351 e. The van der Waals surface area contributed by atoms with E-state index in [2.05, 4.69) is 54.3 Å². The van der Waals surface area contributed by atoms with E-state index in [-0.39, 0.29) is 0 Å². The molecule has 2 rings (SSSR count). The van der Waals surface area contributed by atoms with Crippen molar-refractivity contribution in [1.29, 1.82) is 0 Å². The molecule has 1 aromatic heterocycles. The molecule has 0 aliphatic heterocycles. The average Bonchev–Trinajstić information content (AvgIpc) is 2.59. The first-order chi connectivity index (χ1) is 6.72. The first kappa shape index (κ1) is 9.28. The van der Waals surface area contributed by atoms with E-state index in [4.69, 9.17) is 0 Å². The van der Waals surface area contributed by atoms with Crippen LogP contribution in [0.2, 0.25) is 0 Å². The Morgan fingerprint density at radius 2 is 2.07 bits per heavy atom. The SMILES string of the molecule is CNC(C)c1ccc2ccn(C)c2c1. The van der Waals surface area contributed by atoms with E-state index in [1.807, 2.05) is 7.05 Å². The van der Waals surface area contributed by atoms with Gasteiger partial charge < -0.3 is 9.88 Å². The summed E-state index contributed by atoms with van der Waals surface area (Å²) >= 11 is 0. The Kier molecular flexibility index (Phi) is 2.30. The third kappa shape index (κ3) is 1.42. The average molecular weight is 188 g/mol. The standard InChI is InChI=1S/C12H16N2/c1-9(13-2)11-5-4-10-6-7-14(3)12(10)8-11/h4-9,13H,1-3H3. The van der Waals surface area contributed by atoms with Gasteiger partial charge >= 0.3 is 0 Å². The van der Waals surface area contributed by atoms with Crippen molar-refractivity contribution in [2.75, 3.05) is 7.05 Å². The highest BCUT2D eigenvalue weighted by atomic mass is 14.9. The van der Waals surface area contributed by atoms with Crippen LogP contribution in [0.25, 0.3) is 10.9 Å². The number of hydrogen-bond acceptors (Lipinski definition) is 1. The summed E-state index contributed by atoms with van der Waals surface area (Å²) in [6, 6.07) is 9.16. The molecule has 1 unspecified atom stereocenters. The summed E-state index contributed by atoms with van der Waals surface area (Å²) < 4.78 is 2.15. The van der Waals surface area contributed by atoms with Crippen LogP contribution in [0.5, 0.6) is 0 Å². The quantitative estimate of drug-likeness (QED) is 0.766. The van der Waals surface area contributed by atoms with Gasteiger partial charge in [-0.3, -0.25) is 0 Å². The number of benzene rings is 1. The Labute approximate surface area is 84.5 Å². The van der Waals surface area contributed by atoms with Crippen LogP contribution in [0.3, 0.4) is 0 Å². The van der Waals surface area contributed by atoms with Gasteiger partial charge in [0.15, 0.2) is 0 Å². The van der Waals surface area contributed by atoms with E-state index in [1.54, 1.807) is 0 Å². The van der Waals surface area contributed by atoms with Gasteiger partial charge in [-0.1, -0.05) is 12.1 Å². The van der Waals surface area contributed by atoms with Gasteiger partial charge in [0.25, 0.3) is 0 Å². The molecule has 1 N–H and O–H groups in total. The molecule has 0 amide bonds. The zero-order chi connectivity index (χ0) is 10.1. The van der Waals surface area contributed by atoms with Crippen molar-refractivity contribution in [3.8, 4) is 0 Å². The molecule has 2 heteroatoms. The number of aromatic nitrogens is 1. The molecule has 0 saturated heterocycles. The molecule has 0 radical (unpaired) electrons. The van der Waals surface area contributed by atoms with Crippen LogP contribution in [0.4, 0.5) is 0 Å².